The van der Waals surface area contributed by atoms with E-state index in [9.17, 15) is 13.2 Å². The van der Waals surface area contributed by atoms with Crippen LogP contribution in [0.2, 0.25) is 0 Å². The molecule has 0 radical (unpaired) electrons. The number of hydrogen-bond donors (Lipinski definition) is 0. The fourth-order valence-corrected chi connectivity index (χ4v) is 6.96. The van der Waals surface area contributed by atoms with Crippen LogP contribution in [0.25, 0.3) is 11.1 Å². The predicted molar refractivity (Wildman–Crippen MR) is 149 cm³/mol. The Morgan fingerprint density at radius 2 is 1.35 bits per heavy atom. The van der Waals surface area contributed by atoms with Crippen molar-refractivity contribution >= 4 is 0 Å². The first-order chi connectivity index (χ1) is 17.9. The molecule has 0 unspecified atom stereocenters. The lowest BCUT2D eigenvalue weighted by molar-refractivity contribution is 0.140. The normalized spacial score (nSPS) is 24.2. The largest absolute Gasteiger partial charge is 0.204 e. The van der Waals surface area contributed by atoms with Crippen molar-refractivity contribution in [2.75, 3.05) is 0 Å². The van der Waals surface area contributed by atoms with E-state index in [4.69, 9.17) is 0 Å². The summed E-state index contributed by atoms with van der Waals surface area (Å²) in [6, 6.07) is 9.93. The molecule has 3 heteroatoms. The minimum absolute atomic E-state index is 0.408. The standard InChI is InChI=1S/C34H45F3/c1-3-24(2)12-13-26-16-20-28(21-17-26)27-18-14-25(15-19-27)8-4-5-9-29-10-6-7-11-31(29)30-22-32(35)34(37)33(36)23-30/h6-7,10-11,22-23,25-28H,2-5,8-9,12-21H2,1H3. The monoisotopic (exact) mass is 510 g/mol. The number of benzene rings is 2. The van der Waals surface area contributed by atoms with Crippen LogP contribution in [-0.2, 0) is 6.42 Å². The molecule has 0 spiro atoms. The predicted octanol–water partition coefficient (Wildman–Crippen LogP) is 10.8. The maximum Gasteiger partial charge on any atom is 0.194 e. The summed E-state index contributed by atoms with van der Waals surface area (Å²) in [6.45, 7) is 6.40. The van der Waals surface area contributed by atoms with Gasteiger partial charge in [-0.05, 0) is 110 Å². The lowest BCUT2D eigenvalue weighted by Gasteiger charge is -2.38. The molecule has 0 saturated heterocycles. The maximum absolute atomic E-state index is 13.8. The first-order valence-corrected chi connectivity index (χ1v) is 14.8. The van der Waals surface area contributed by atoms with E-state index in [2.05, 4.69) is 13.5 Å². The van der Waals surface area contributed by atoms with E-state index in [-0.39, 0.29) is 0 Å². The summed E-state index contributed by atoms with van der Waals surface area (Å²) in [7, 11) is 0. The Hall–Kier alpha value is -2.03. The molecule has 2 saturated carbocycles. The Morgan fingerprint density at radius 3 is 1.95 bits per heavy atom. The molecule has 0 amide bonds. The molecule has 2 aliphatic rings. The minimum atomic E-state index is -1.40. The molecule has 0 nitrogen and oxygen atoms in total. The van der Waals surface area contributed by atoms with Crippen molar-refractivity contribution in [3.8, 4) is 11.1 Å². The van der Waals surface area contributed by atoms with Crippen molar-refractivity contribution in [2.45, 2.75) is 103 Å². The summed E-state index contributed by atoms with van der Waals surface area (Å²) < 4.78 is 41.0. The molecule has 2 aromatic carbocycles. The van der Waals surface area contributed by atoms with Crippen molar-refractivity contribution < 1.29 is 13.2 Å². The second kappa shape index (κ2) is 13.7. The summed E-state index contributed by atoms with van der Waals surface area (Å²) in [5, 5.41) is 0. The zero-order valence-corrected chi connectivity index (χ0v) is 22.7. The van der Waals surface area contributed by atoms with Gasteiger partial charge >= 0.3 is 0 Å². The summed E-state index contributed by atoms with van der Waals surface area (Å²) in [6.07, 6.45) is 19.5. The number of aryl methyl sites for hydroxylation is 1. The van der Waals surface area contributed by atoms with Crippen LogP contribution in [0.5, 0.6) is 0 Å². The SMILES string of the molecule is C=C(CC)CCC1CCC(C2CCC(CCCCc3ccccc3-c3cc(F)c(F)c(F)c3)CC2)CC1. The van der Waals surface area contributed by atoms with E-state index in [1.165, 1.54) is 82.6 Å². The van der Waals surface area contributed by atoms with E-state index in [1.807, 2.05) is 24.3 Å². The molecule has 37 heavy (non-hydrogen) atoms. The minimum Gasteiger partial charge on any atom is -0.204 e. The molecule has 2 aliphatic carbocycles. The Morgan fingerprint density at radius 1 is 0.784 bits per heavy atom. The fourth-order valence-electron chi connectivity index (χ4n) is 6.96. The van der Waals surface area contributed by atoms with Gasteiger partial charge in [-0.15, -0.1) is 0 Å². The molecule has 0 heterocycles. The van der Waals surface area contributed by atoms with Crippen LogP contribution in [0.4, 0.5) is 13.2 Å². The molecule has 4 rings (SSSR count). The fraction of sp³-hybridized carbons (Fsp3) is 0.588. The molecular weight excluding hydrogens is 465 g/mol. The van der Waals surface area contributed by atoms with Gasteiger partial charge in [0.1, 0.15) is 0 Å². The summed E-state index contributed by atoms with van der Waals surface area (Å²) in [4.78, 5) is 0. The second-order valence-corrected chi connectivity index (χ2v) is 11.9. The highest BCUT2D eigenvalue weighted by molar-refractivity contribution is 5.67. The first kappa shape index (κ1) is 28.0. The van der Waals surface area contributed by atoms with Crippen molar-refractivity contribution in [1.29, 1.82) is 0 Å². The first-order valence-electron chi connectivity index (χ1n) is 14.8. The van der Waals surface area contributed by atoms with Crippen LogP contribution in [0.1, 0.15) is 102 Å². The van der Waals surface area contributed by atoms with Gasteiger partial charge in [0.15, 0.2) is 17.5 Å². The van der Waals surface area contributed by atoms with Gasteiger partial charge in [-0.2, -0.15) is 0 Å². The lowest BCUT2D eigenvalue weighted by atomic mass is 9.68. The summed E-state index contributed by atoms with van der Waals surface area (Å²) in [5.41, 5.74) is 3.70. The smallest absolute Gasteiger partial charge is 0.194 e. The molecule has 0 aliphatic heterocycles. The third kappa shape index (κ3) is 7.74. The molecular formula is C34H45F3. The lowest BCUT2D eigenvalue weighted by Crippen LogP contribution is -2.26. The highest BCUT2D eigenvalue weighted by atomic mass is 19.2. The molecule has 202 valence electrons. The Bertz CT molecular complexity index is 986. The van der Waals surface area contributed by atoms with Crippen LogP contribution in [-0.4, -0.2) is 0 Å². The van der Waals surface area contributed by atoms with Gasteiger partial charge < -0.3 is 0 Å². The van der Waals surface area contributed by atoms with Crippen molar-refractivity contribution in [3.63, 3.8) is 0 Å². The average molecular weight is 511 g/mol. The number of hydrogen-bond acceptors (Lipinski definition) is 0. The van der Waals surface area contributed by atoms with Gasteiger partial charge in [0.25, 0.3) is 0 Å². The Kier molecular flexibility index (Phi) is 10.3. The maximum atomic E-state index is 13.8. The third-order valence-electron chi connectivity index (χ3n) is 9.48. The van der Waals surface area contributed by atoms with Gasteiger partial charge in [0.05, 0.1) is 0 Å². The van der Waals surface area contributed by atoms with Crippen LogP contribution in [0, 0.1) is 41.1 Å². The van der Waals surface area contributed by atoms with E-state index in [1.54, 1.807) is 0 Å². The number of unbranched alkanes of at least 4 members (excludes halogenated alkanes) is 1. The Balaban J connectivity index is 1.17. The Labute approximate surface area is 222 Å². The van der Waals surface area contributed by atoms with Gasteiger partial charge in [-0.3, -0.25) is 0 Å². The average Bonchev–Trinajstić information content (AvgIpc) is 2.93. The van der Waals surface area contributed by atoms with Crippen molar-refractivity contribution in [2.24, 2.45) is 23.7 Å². The molecule has 2 aromatic rings. The number of halogens is 3. The zero-order chi connectivity index (χ0) is 26.2. The topological polar surface area (TPSA) is 0 Å². The highest BCUT2D eigenvalue weighted by Gasteiger charge is 2.30. The molecule has 0 atom stereocenters. The van der Waals surface area contributed by atoms with E-state index in [0.717, 1.165) is 66.2 Å². The molecule has 0 N–H and O–H groups in total. The van der Waals surface area contributed by atoms with Crippen molar-refractivity contribution in [3.05, 3.63) is 71.6 Å². The van der Waals surface area contributed by atoms with Gasteiger partial charge in [0, 0.05) is 0 Å². The van der Waals surface area contributed by atoms with Crippen LogP contribution in [0.3, 0.4) is 0 Å². The van der Waals surface area contributed by atoms with Gasteiger partial charge in [0.2, 0.25) is 0 Å². The van der Waals surface area contributed by atoms with E-state index < -0.39 is 17.5 Å². The van der Waals surface area contributed by atoms with E-state index in [0.29, 0.717) is 5.56 Å². The number of rotatable bonds is 11. The third-order valence-corrected chi connectivity index (χ3v) is 9.48. The van der Waals surface area contributed by atoms with E-state index >= 15 is 0 Å². The summed E-state index contributed by atoms with van der Waals surface area (Å²) >= 11 is 0. The van der Waals surface area contributed by atoms with Gasteiger partial charge in [-0.1, -0.05) is 81.9 Å². The zero-order valence-electron chi connectivity index (χ0n) is 22.7. The van der Waals surface area contributed by atoms with Crippen LogP contribution in [0.15, 0.2) is 48.6 Å². The molecule has 0 bridgehead atoms. The quantitative estimate of drug-likeness (QED) is 0.160. The van der Waals surface area contributed by atoms with Crippen molar-refractivity contribution in [1.82, 2.24) is 0 Å². The molecule has 0 aromatic heterocycles. The second-order valence-electron chi connectivity index (χ2n) is 11.9. The van der Waals surface area contributed by atoms with Crippen LogP contribution >= 0.6 is 0 Å². The number of allylic oxidation sites excluding steroid dienone is 1. The van der Waals surface area contributed by atoms with Crippen LogP contribution < -0.4 is 0 Å². The van der Waals surface area contributed by atoms with Gasteiger partial charge in [-0.25, -0.2) is 13.2 Å². The highest BCUT2D eigenvalue weighted by Crippen LogP contribution is 2.43. The molecule has 2 fully saturated rings. The summed E-state index contributed by atoms with van der Waals surface area (Å²) in [5.74, 6) is 0.0248.